The molecule has 1 aliphatic carbocycles. The van der Waals surface area contributed by atoms with Crippen LogP contribution in [0.1, 0.15) is 42.6 Å². The summed E-state index contributed by atoms with van der Waals surface area (Å²) in [7, 11) is 0. The Morgan fingerprint density at radius 2 is 1.84 bits per heavy atom. The molecule has 7 nitrogen and oxygen atoms in total. The third-order valence-corrected chi connectivity index (χ3v) is 6.05. The molecule has 8 heteroatoms. The number of rotatable bonds is 8. The molecule has 2 N–H and O–H groups in total. The molecule has 32 heavy (non-hydrogen) atoms. The third kappa shape index (κ3) is 5.37. The van der Waals surface area contributed by atoms with Crippen LogP contribution in [0.2, 0.25) is 0 Å². The molecule has 0 atom stereocenters. The minimum absolute atomic E-state index is 0.0467. The van der Waals surface area contributed by atoms with E-state index < -0.39 is 0 Å². The summed E-state index contributed by atoms with van der Waals surface area (Å²) in [5.41, 5.74) is 1.93. The fraction of sp³-hybridized carbons (Fsp3) is 0.333. The van der Waals surface area contributed by atoms with Crippen molar-refractivity contribution in [2.24, 2.45) is 0 Å². The van der Waals surface area contributed by atoms with Crippen molar-refractivity contribution in [2.45, 2.75) is 50.5 Å². The van der Waals surface area contributed by atoms with Crippen molar-refractivity contribution in [1.82, 2.24) is 20.2 Å². The Morgan fingerprint density at radius 1 is 1.12 bits per heavy atom. The molecule has 2 amide bonds. The lowest BCUT2D eigenvalue weighted by molar-refractivity contribution is -0.119. The second kappa shape index (κ2) is 9.56. The maximum Gasteiger partial charge on any atom is 0.262 e. The summed E-state index contributed by atoms with van der Waals surface area (Å²) in [6.07, 6.45) is 2.08. The van der Waals surface area contributed by atoms with Crippen LogP contribution in [-0.2, 0) is 11.3 Å². The highest BCUT2D eigenvalue weighted by Crippen LogP contribution is 2.21. The number of fused-ring (bicyclic) bond motifs is 1. The smallest absolute Gasteiger partial charge is 0.262 e. The molecule has 2 aromatic carbocycles. The number of nitrogens with one attached hydrogen (secondary N) is 2. The van der Waals surface area contributed by atoms with Crippen LogP contribution in [0, 0.1) is 0 Å². The molecule has 3 aromatic rings. The summed E-state index contributed by atoms with van der Waals surface area (Å²) >= 11 is 1.24. The van der Waals surface area contributed by atoms with E-state index in [9.17, 15) is 14.4 Å². The summed E-state index contributed by atoms with van der Waals surface area (Å²) in [5.74, 6) is -0.00977. The quantitative estimate of drug-likeness (QED) is 0.407. The Bertz CT molecular complexity index is 1200. The number of para-hydroxylation sites is 1. The van der Waals surface area contributed by atoms with E-state index in [1.165, 1.54) is 11.8 Å². The lowest BCUT2D eigenvalue weighted by Crippen LogP contribution is -2.32. The molecule has 1 saturated carbocycles. The van der Waals surface area contributed by atoms with Crippen molar-refractivity contribution in [1.29, 1.82) is 0 Å². The molecule has 1 aliphatic rings. The molecular weight excluding hydrogens is 424 g/mol. The average molecular weight is 451 g/mol. The zero-order chi connectivity index (χ0) is 22.7. The lowest BCUT2D eigenvalue weighted by atomic mass is 10.1. The highest BCUT2D eigenvalue weighted by Gasteiger charge is 2.23. The highest BCUT2D eigenvalue weighted by atomic mass is 32.2. The topological polar surface area (TPSA) is 93.1 Å². The third-order valence-electron chi connectivity index (χ3n) is 5.08. The molecule has 0 bridgehead atoms. The zero-order valence-corrected chi connectivity index (χ0v) is 18.9. The number of hydrogen-bond donors (Lipinski definition) is 2. The SMILES string of the molecule is CC(C)NC(=O)CSc1nc2ccccc2c(=O)n1Cc1ccc(C(=O)NC2CC2)cc1. The van der Waals surface area contributed by atoms with Gasteiger partial charge in [-0.1, -0.05) is 36.0 Å². The van der Waals surface area contributed by atoms with Gasteiger partial charge in [0.15, 0.2) is 5.16 Å². The van der Waals surface area contributed by atoms with Gasteiger partial charge < -0.3 is 10.6 Å². The maximum absolute atomic E-state index is 13.2. The van der Waals surface area contributed by atoms with E-state index >= 15 is 0 Å². The maximum atomic E-state index is 13.2. The van der Waals surface area contributed by atoms with Crippen LogP contribution in [0.15, 0.2) is 58.5 Å². The van der Waals surface area contributed by atoms with E-state index in [2.05, 4.69) is 15.6 Å². The van der Waals surface area contributed by atoms with Gasteiger partial charge in [0, 0.05) is 17.6 Å². The molecule has 0 saturated heterocycles. The largest absolute Gasteiger partial charge is 0.353 e. The molecule has 0 unspecified atom stereocenters. The van der Waals surface area contributed by atoms with Crippen molar-refractivity contribution >= 4 is 34.5 Å². The second-order valence-corrected chi connectivity index (χ2v) is 9.20. The first-order valence-corrected chi connectivity index (χ1v) is 11.7. The van der Waals surface area contributed by atoms with Gasteiger partial charge in [-0.3, -0.25) is 19.0 Å². The number of carbonyl (C=O) groups excluding carboxylic acids is 2. The Labute approximate surface area is 190 Å². The number of hydrogen-bond acceptors (Lipinski definition) is 5. The van der Waals surface area contributed by atoms with Gasteiger partial charge in [-0.2, -0.15) is 0 Å². The van der Waals surface area contributed by atoms with Crippen molar-refractivity contribution in [2.75, 3.05) is 5.75 Å². The van der Waals surface area contributed by atoms with Crippen LogP contribution in [0.5, 0.6) is 0 Å². The van der Waals surface area contributed by atoms with Crippen molar-refractivity contribution in [3.8, 4) is 0 Å². The van der Waals surface area contributed by atoms with Gasteiger partial charge in [0.2, 0.25) is 5.91 Å². The monoisotopic (exact) mass is 450 g/mol. The number of amides is 2. The van der Waals surface area contributed by atoms with Crippen molar-refractivity contribution in [3.05, 3.63) is 70.0 Å². The van der Waals surface area contributed by atoms with Gasteiger partial charge in [-0.15, -0.1) is 0 Å². The first-order valence-electron chi connectivity index (χ1n) is 10.7. The summed E-state index contributed by atoms with van der Waals surface area (Å²) < 4.78 is 1.59. The first kappa shape index (κ1) is 22.1. The average Bonchev–Trinajstić information content (AvgIpc) is 3.58. The predicted molar refractivity (Wildman–Crippen MR) is 126 cm³/mol. The van der Waals surface area contributed by atoms with Gasteiger partial charge in [-0.25, -0.2) is 4.98 Å². The second-order valence-electron chi connectivity index (χ2n) is 8.26. The van der Waals surface area contributed by atoms with Gasteiger partial charge in [0.25, 0.3) is 11.5 Å². The standard InChI is InChI=1S/C24H26N4O3S/c1-15(2)25-21(29)14-32-24-27-20-6-4-3-5-19(20)23(31)28(24)13-16-7-9-17(10-8-16)22(30)26-18-11-12-18/h3-10,15,18H,11-14H2,1-2H3,(H,25,29)(H,26,30). The van der Waals surface area contributed by atoms with Crippen LogP contribution in [0.4, 0.5) is 0 Å². The van der Waals surface area contributed by atoms with Gasteiger partial charge in [-0.05, 0) is 56.5 Å². The van der Waals surface area contributed by atoms with E-state index in [1.54, 1.807) is 28.8 Å². The van der Waals surface area contributed by atoms with Crippen molar-refractivity contribution < 1.29 is 9.59 Å². The molecule has 4 rings (SSSR count). The van der Waals surface area contributed by atoms with Crippen molar-refractivity contribution in [3.63, 3.8) is 0 Å². The van der Waals surface area contributed by atoms with Crippen LogP contribution < -0.4 is 16.2 Å². The fourth-order valence-corrected chi connectivity index (χ4v) is 4.14. The molecular formula is C24H26N4O3S. The van der Waals surface area contributed by atoms with Gasteiger partial charge >= 0.3 is 0 Å². The number of aromatic nitrogens is 2. The number of carbonyl (C=O) groups is 2. The van der Waals surface area contributed by atoms with Crippen LogP contribution in [-0.4, -0.2) is 39.2 Å². The van der Waals surface area contributed by atoms with Crippen LogP contribution >= 0.6 is 11.8 Å². The molecule has 1 heterocycles. The number of benzene rings is 2. The predicted octanol–water partition coefficient (Wildman–Crippen LogP) is 2.95. The minimum atomic E-state index is -0.155. The molecule has 0 radical (unpaired) electrons. The first-order chi connectivity index (χ1) is 15.4. The molecule has 1 aromatic heterocycles. The summed E-state index contributed by atoms with van der Waals surface area (Å²) in [6.45, 7) is 4.11. The molecule has 1 fully saturated rings. The Balaban J connectivity index is 1.59. The van der Waals surface area contributed by atoms with E-state index in [1.807, 2.05) is 38.1 Å². The number of thioether (sulfide) groups is 1. The lowest BCUT2D eigenvalue weighted by Gasteiger charge is -2.14. The molecule has 0 aliphatic heterocycles. The zero-order valence-electron chi connectivity index (χ0n) is 18.1. The Morgan fingerprint density at radius 3 is 2.53 bits per heavy atom. The van der Waals surface area contributed by atoms with Crippen LogP contribution in [0.3, 0.4) is 0 Å². The summed E-state index contributed by atoms with van der Waals surface area (Å²) in [6, 6.07) is 14.8. The minimum Gasteiger partial charge on any atom is -0.353 e. The van der Waals surface area contributed by atoms with Gasteiger partial charge in [0.05, 0.1) is 23.2 Å². The Hall–Kier alpha value is -3.13. The van der Waals surface area contributed by atoms with E-state index in [4.69, 9.17) is 0 Å². The fourth-order valence-electron chi connectivity index (χ4n) is 3.33. The highest BCUT2D eigenvalue weighted by molar-refractivity contribution is 7.99. The molecule has 0 spiro atoms. The van der Waals surface area contributed by atoms with E-state index in [-0.39, 0.29) is 29.2 Å². The summed E-state index contributed by atoms with van der Waals surface area (Å²) in [4.78, 5) is 42.2. The Kier molecular flexibility index (Phi) is 6.60. The van der Waals surface area contributed by atoms with Gasteiger partial charge in [0.1, 0.15) is 0 Å². The summed E-state index contributed by atoms with van der Waals surface area (Å²) in [5, 5.41) is 6.85. The van der Waals surface area contributed by atoms with E-state index in [0.29, 0.717) is 34.2 Å². The number of nitrogens with zero attached hydrogens (tertiary/aromatic N) is 2. The van der Waals surface area contributed by atoms with Crippen LogP contribution in [0.25, 0.3) is 10.9 Å². The molecule has 166 valence electrons. The normalized spacial score (nSPS) is 13.3. The van der Waals surface area contributed by atoms with E-state index in [0.717, 1.165) is 18.4 Å².